The van der Waals surface area contributed by atoms with E-state index in [2.05, 4.69) is 0 Å². The van der Waals surface area contributed by atoms with E-state index >= 15 is 0 Å². The standard InChI is InChI=1S/C14H19NO2.ClH/c15-13(10-11-6-2-1-3-7-11)14(16)17-12-8-4-5-9-12;/h1-3,6-7,12-13H,4-5,8-10,15H2;1H/t13-;/m0./s1. The molecule has 1 aromatic carbocycles. The Bertz CT molecular complexity index is 363. The van der Waals surface area contributed by atoms with E-state index in [0.717, 1.165) is 31.2 Å². The Morgan fingerprint density at radius 1 is 1.28 bits per heavy atom. The molecule has 18 heavy (non-hydrogen) atoms. The molecule has 1 aliphatic carbocycles. The van der Waals surface area contributed by atoms with Crippen LogP contribution in [0.3, 0.4) is 0 Å². The zero-order valence-electron chi connectivity index (χ0n) is 10.4. The number of carbonyl (C=O) groups excluding carboxylic acids is 1. The lowest BCUT2D eigenvalue weighted by molar-refractivity contribution is -0.150. The van der Waals surface area contributed by atoms with Gasteiger partial charge in [-0.1, -0.05) is 30.3 Å². The maximum Gasteiger partial charge on any atom is 0.323 e. The molecule has 1 atom stereocenters. The fraction of sp³-hybridized carbons (Fsp3) is 0.500. The summed E-state index contributed by atoms with van der Waals surface area (Å²) in [7, 11) is 0. The van der Waals surface area contributed by atoms with Crippen LogP contribution in [0.2, 0.25) is 0 Å². The van der Waals surface area contributed by atoms with Gasteiger partial charge >= 0.3 is 5.97 Å². The van der Waals surface area contributed by atoms with Crippen molar-refractivity contribution >= 4 is 18.4 Å². The van der Waals surface area contributed by atoms with Crippen LogP contribution >= 0.6 is 12.4 Å². The molecule has 1 fully saturated rings. The fourth-order valence-corrected chi connectivity index (χ4v) is 2.21. The minimum atomic E-state index is -0.544. The maximum absolute atomic E-state index is 11.8. The van der Waals surface area contributed by atoms with Crippen molar-refractivity contribution in [2.75, 3.05) is 0 Å². The van der Waals surface area contributed by atoms with Gasteiger partial charge in [0.1, 0.15) is 12.1 Å². The molecule has 100 valence electrons. The van der Waals surface area contributed by atoms with Crippen molar-refractivity contribution < 1.29 is 9.53 Å². The number of rotatable bonds is 4. The van der Waals surface area contributed by atoms with Gasteiger partial charge in [-0.2, -0.15) is 0 Å². The van der Waals surface area contributed by atoms with E-state index in [4.69, 9.17) is 10.5 Å². The minimum Gasteiger partial charge on any atom is -0.461 e. The molecule has 2 N–H and O–H groups in total. The van der Waals surface area contributed by atoms with E-state index in [0.29, 0.717) is 6.42 Å². The lowest BCUT2D eigenvalue weighted by atomic mass is 10.1. The topological polar surface area (TPSA) is 52.3 Å². The first kappa shape index (κ1) is 15.0. The predicted molar refractivity (Wildman–Crippen MR) is 73.7 cm³/mol. The van der Waals surface area contributed by atoms with Crippen LogP contribution in [0.1, 0.15) is 31.2 Å². The second kappa shape index (κ2) is 7.39. The molecule has 1 aromatic rings. The van der Waals surface area contributed by atoms with Crippen molar-refractivity contribution in [1.82, 2.24) is 0 Å². The molecule has 0 heterocycles. The maximum atomic E-state index is 11.8. The molecule has 1 aliphatic rings. The third-order valence-corrected chi connectivity index (χ3v) is 3.19. The van der Waals surface area contributed by atoms with Gasteiger partial charge < -0.3 is 10.5 Å². The van der Waals surface area contributed by atoms with Crippen molar-refractivity contribution in [3.05, 3.63) is 35.9 Å². The zero-order valence-corrected chi connectivity index (χ0v) is 11.2. The highest BCUT2D eigenvalue weighted by Crippen LogP contribution is 2.21. The molecule has 0 amide bonds. The lowest BCUT2D eigenvalue weighted by Gasteiger charge is -2.15. The number of ether oxygens (including phenoxy) is 1. The summed E-state index contributed by atoms with van der Waals surface area (Å²) < 4.78 is 5.38. The molecule has 1 saturated carbocycles. The highest BCUT2D eigenvalue weighted by Gasteiger charge is 2.23. The number of hydrogen-bond acceptors (Lipinski definition) is 3. The van der Waals surface area contributed by atoms with Gasteiger partial charge in [0.15, 0.2) is 0 Å². The highest BCUT2D eigenvalue weighted by molar-refractivity contribution is 5.85. The van der Waals surface area contributed by atoms with Crippen LogP contribution in [0, 0.1) is 0 Å². The van der Waals surface area contributed by atoms with Crippen LogP contribution in [0.5, 0.6) is 0 Å². The number of halogens is 1. The monoisotopic (exact) mass is 269 g/mol. The number of esters is 1. The number of nitrogens with two attached hydrogens (primary N) is 1. The summed E-state index contributed by atoms with van der Waals surface area (Å²) in [5, 5.41) is 0. The van der Waals surface area contributed by atoms with E-state index in [9.17, 15) is 4.79 Å². The summed E-state index contributed by atoms with van der Waals surface area (Å²) >= 11 is 0. The van der Waals surface area contributed by atoms with Gasteiger partial charge in [0.2, 0.25) is 0 Å². The molecule has 0 saturated heterocycles. The average molecular weight is 270 g/mol. The summed E-state index contributed by atoms with van der Waals surface area (Å²) in [6.07, 6.45) is 4.95. The first-order valence-electron chi connectivity index (χ1n) is 6.25. The van der Waals surface area contributed by atoms with Crippen molar-refractivity contribution in [2.24, 2.45) is 5.73 Å². The molecule has 4 heteroatoms. The Balaban J connectivity index is 0.00000162. The number of benzene rings is 1. The molecular formula is C14H20ClNO2. The van der Waals surface area contributed by atoms with E-state index < -0.39 is 6.04 Å². The summed E-state index contributed by atoms with van der Waals surface area (Å²) in [5.41, 5.74) is 6.93. The molecule has 2 rings (SSSR count). The normalized spacial score (nSPS) is 16.9. The summed E-state index contributed by atoms with van der Waals surface area (Å²) in [6.45, 7) is 0. The van der Waals surface area contributed by atoms with Crippen molar-refractivity contribution in [1.29, 1.82) is 0 Å². The summed E-state index contributed by atoms with van der Waals surface area (Å²) in [5.74, 6) is -0.263. The molecule has 0 radical (unpaired) electrons. The van der Waals surface area contributed by atoms with Crippen molar-refractivity contribution in [3.63, 3.8) is 0 Å². The Labute approximate surface area is 114 Å². The third kappa shape index (κ3) is 4.31. The molecular weight excluding hydrogens is 250 g/mol. The van der Waals surface area contributed by atoms with Crippen LogP contribution in [0.25, 0.3) is 0 Å². The molecule has 0 aromatic heterocycles. The molecule has 0 spiro atoms. The second-order valence-electron chi connectivity index (χ2n) is 4.64. The molecule has 0 aliphatic heterocycles. The molecule has 0 unspecified atom stereocenters. The smallest absolute Gasteiger partial charge is 0.323 e. The van der Waals surface area contributed by atoms with Crippen LogP contribution < -0.4 is 5.73 Å². The van der Waals surface area contributed by atoms with Crippen LogP contribution in [0.4, 0.5) is 0 Å². The number of hydrogen-bond donors (Lipinski definition) is 1. The third-order valence-electron chi connectivity index (χ3n) is 3.19. The van der Waals surface area contributed by atoms with E-state index in [-0.39, 0.29) is 24.5 Å². The van der Waals surface area contributed by atoms with Gasteiger partial charge in [-0.15, -0.1) is 12.4 Å². The summed E-state index contributed by atoms with van der Waals surface area (Å²) in [4.78, 5) is 11.8. The minimum absolute atomic E-state index is 0. The second-order valence-corrected chi connectivity index (χ2v) is 4.64. The van der Waals surface area contributed by atoms with Crippen LogP contribution in [-0.4, -0.2) is 18.1 Å². The van der Waals surface area contributed by atoms with E-state index in [1.807, 2.05) is 30.3 Å². The Kier molecular flexibility index (Phi) is 6.16. The Morgan fingerprint density at radius 3 is 2.50 bits per heavy atom. The zero-order chi connectivity index (χ0) is 12.1. The first-order valence-corrected chi connectivity index (χ1v) is 6.25. The molecule has 0 bridgehead atoms. The quantitative estimate of drug-likeness (QED) is 0.855. The van der Waals surface area contributed by atoms with Gasteiger partial charge in [-0.05, 0) is 37.7 Å². The highest BCUT2D eigenvalue weighted by atomic mass is 35.5. The molecule has 3 nitrogen and oxygen atoms in total. The Morgan fingerprint density at radius 2 is 1.89 bits per heavy atom. The van der Waals surface area contributed by atoms with Crippen LogP contribution in [0.15, 0.2) is 30.3 Å². The van der Waals surface area contributed by atoms with E-state index in [1.165, 1.54) is 0 Å². The fourth-order valence-electron chi connectivity index (χ4n) is 2.21. The Hall–Kier alpha value is -1.06. The van der Waals surface area contributed by atoms with Gasteiger partial charge in [0.05, 0.1) is 0 Å². The van der Waals surface area contributed by atoms with Crippen LogP contribution in [-0.2, 0) is 16.0 Å². The van der Waals surface area contributed by atoms with Gasteiger partial charge in [-0.25, -0.2) is 0 Å². The van der Waals surface area contributed by atoms with Crippen molar-refractivity contribution in [3.8, 4) is 0 Å². The van der Waals surface area contributed by atoms with E-state index in [1.54, 1.807) is 0 Å². The van der Waals surface area contributed by atoms with Gasteiger partial charge in [0, 0.05) is 0 Å². The lowest BCUT2D eigenvalue weighted by Crippen LogP contribution is -2.36. The first-order chi connectivity index (χ1) is 8.25. The SMILES string of the molecule is Cl.N[C@@H](Cc1ccccc1)C(=O)OC1CCCC1. The van der Waals surface area contributed by atoms with Gasteiger partial charge in [-0.3, -0.25) is 4.79 Å². The number of carbonyl (C=O) groups is 1. The predicted octanol–water partition coefficient (Wildman–Crippen LogP) is 2.46. The average Bonchev–Trinajstić information content (AvgIpc) is 2.83. The van der Waals surface area contributed by atoms with Gasteiger partial charge in [0.25, 0.3) is 0 Å². The largest absolute Gasteiger partial charge is 0.461 e. The summed E-state index contributed by atoms with van der Waals surface area (Å²) in [6, 6.07) is 9.25. The van der Waals surface area contributed by atoms with Crippen molar-refractivity contribution in [2.45, 2.75) is 44.2 Å².